The zero-order valence-electron chi connectivity index (χ0n) is 11.3. The van der Waals surface area contributed by atoms with Crippen molar-refractivity contribution in [2.24, 2.45) is 0 Å². The zero-order chi connectivity index (χ0) is 13.7. The normalized spacial score (nSPS) is 15.2. The van der Waals surface area contributed by atoms with Gasteiger partial charge < -0.3 is 14.4 Å². The van der Waals surface area contributed by atoms with Crippen molar-refractivity contribution in [1.29, 1.82) is 0 Å². The molecule has 19 heavy (non-hydrogen) atoms. The Hall–Kier alpha value is -1.36. The molecule has 1 fully saturated rings. The van der Waals surface area contributed by atoms with Crippen LogP contribution in [0.5, 0.6) is 11.5 Å². The molecule has 2 rings (SSSR count). The maximum atomic E-state index is 12.2. The number of nitrogens with zero attached hydrogens (tertiary/aromatic N) is 1. The van der Waals surface area contributed by atoms with Gasteiger partial charge in [-0.2, -0.15) is 11.8 Å². The number of hydrogen-bond acceptors (Lipinski definition) is 4. The highest BCUT2D eigenvalue weighted by molar-refractivity contribution is 7.99. The summed E-state index contributed by atoms with van der Waals surface area (Å²) in [5, 5.41) is 0. The van der Waals surface area contributed by atoms with Gasteiger partial charge in [0.15, 0.2) is 11.5 Å². The van der Waals surface area contributed by atoms with Crippen molar-refractivity contribution in [2.75, 3.05) is 38.8 Å². The van der Waals surface area contributed by atoms with Gasteiger partial charge >= 0.3 is 0 Å². The molecule has 0 aromatic heterocycles. The van der Waals surface area contributed by atoms with E-state index in [1.807, 2.05) is 34.9 Å². The fourth-order valence-electron chi connectivity index (χ4n) is 2.09. The summed E-state index contributed by atoms with van der Waals surface area (Å²) in [6.45, 7) is 1.72. The minimum atomic E-state index is 0.188. The fourth-order valence-corrected chi connectivity index (χ4v) is 2.99. The number of thioether (sulfide) groups is 1. The monoisotopic (exact) mass is 281 g/mol. The summed E-state index contributed by atoms with van der Waals surface area (Å²) in [5.74, 6) is 3.62. The Balaban J connectivity index is 2.03. The van der Waals surface area contributed by atoms with Gasteiger partial charge in [0.25, 0.3) is 0 Å². The summed E-state index contributed by atoms with van der Waals surface area (Å²) in [4.78, 5) is 14.1. The van der Waals surface area contributed by atoms with E-state index in [0.717, 1.165) is 30.2 Å². The van der Waals surface area contributed by atoms with Crippen LogP contribution in [0.2, 0.25) is 0 Å². The van der Waals surface area contributed by atoms with E-state index >= 15 is 0 Å². The second-order valence-corrected chi connectivity index (χ2v) is 5.58. The molecule has 0 saturated carbocycles. The summed E-state index contributed by atoms with van der Waals surface area (Å²) < 4.78 is 10.4. The molecule has 0 N–H and O–H groups in total. The van der Waals surface area contributed by atoms with Crippen LogP contribution in [0, 0.1) is 0 Å². The highest BCUT2D eigenvalue weighted by Crippen LogP contribution is 2.27. The van der Waals surface area contributed by atoms with Gasteiger partial charge in [-0.3, -0.25) is 4.79 Å². The van der Waals surface area contributed by atoms with Gasteiger partial charge in [0.1, 0.15) is 0 Å². The number of carbonyl (C=O) groups is 1. The zero-order valence-corrected chi connectivity index (χ0v) is 12.2. The lowest BCUT2D eigenvalue weighted by Gasteiger charge is -2.26. The molecule has 0 radical (unpaired) electrons. The molecule has 104 valence electrons. The number of rotatable bonds is 4. The van der Waals surface area contributed by atoms with Crippen molar-refractivity contribution < 1.29 is 14.3 Å². The molecule has 5 heteroatoms. The van der Waals surface area contributed by atoms with Gasteiger partial charge in [0.2, 0.25) is 5.91 Å². The standard InChI is InChI=1S/C14H19NO3S/c1-17-12-4-3-11(9-13(12)18-2)10-14(16)15-5-7-19-8-6-15/h3-4,9H,5-8,10H2,1-2H3. The predicted octanol–water partition coefficient (Wildman–Crippen LogP) is 1.82. The van der Waals surface area contributed by atoms with Gasteiger partial charge in [0.05, 0.1) is 20.6 Å². The number of methoxy groups -OCH3 is 2. The third-order valence-electron chi connectivity index (χ3n) is 3.17. The second kappa shape index (κ2) is 6.70. The molecule has 0 spiro atoms. The topological polar surface area (TPSA) is 38.8 Å². The van der Waals surface area contributed by atoms with Crippen LogP contribution in [0.25, 0.3) is 0 Å². The Morgan fingerprint density at radius 3 is 2.53 bits per heavy atom. The van der Waals surface area contributed by atoms with E-state index in [1.165, 1.54) is 0 Å². The molecule has 1 aromatic carbocycles. The molecular weight excluding hydrogens is 262 g/mol. The van der Waals surface area contributed by atoms with E-state index in [0.29, 0.717) is 17.9 Å². The third kappa shape index (κ3) is 3.56. The minimum Gasteiger partial charge on any atom is -0.493 e. The molecule has 1 aliphatic heterocycles. The summed E-state index contributed by atoms with van der Waals surface area (Å²) in [7, 11) is 3.21. The number of amides is 1. The molecule has 1 amide bonds. The molecule has 1 saturated heterocycles. The van der Waals surface area contributed by atoms with Gasteiger partial charge in [-0.05, 0) is 17.7 Å². The van der Waals surface area contributed by atoms with Gasteiger partial charge in [-0.25, -0.2) is 0 Å². The second-order valence-electron chi connectivity index (χ2n) is 4.36. The lowest BCUT2D eigenvalue weighted by Crippen LogP contribution is -2.38. The average Bonchev–Trinajstić information content (AvgIpc) is 2.48. The van der Waals surface area contributed by atoms with Crippen LogP contribution in [-0.2, 0) is 11.2 Å². The van der Waals surface area contributed by atoms with Crippen molar-refractivity contribution in [2.45, 2.75) is 6.42 Å². The van der Waals surface area contributed by atoms with Crippen molar-refractivity contribution >= 4 is 17.7 Å². The first-order chi connectivity index (χ1) is 9.24. The Bertz CT molecular complexity index is 444. The quantitative estimate of drug-likeness (QED) is 0.844. The van der Waals surface area contributed by atoms with Crippen LogP contribution in [0.1, 0.15) is 5.56 Å². The largest absolute Gasteiger partial charge is 0.493 e. The van der Waals surface area contributed by atoms with Crippen LogP contribution < -0.4 is 9.47 Å². The SMILES string of the molecule is COc1ccc(CC(=O)N2CCSCC2)cc1OC. The fraction of sp³-hybridized carbons (Fsp3) is 0.500. The third-order valence-corrected chi connectivity index (χ3v) is 4.11. The van der Waals surface area contributed by atoms with E-state index in [1.54, 1.807) is 14.2 Å². The Labute approximate surface area is 118 Å². The van der Waals surface area contributed by atoms with E-state index < -0.39 is 0 Å². The van der Waals surface area contributed by atoms with E-state index in [9.17, 15) is 4.79 Å². The lowest BCUT2D eigenvalue weighted by molar-refractivity contribution is -0.130. The summed E-state index contributed by atoms with van der Waals surface area (Å²) in [6, 6.07) is 5.63. The van der Waals surface area contributed by atoms with Gasteiger partial charge in [-0.15, -0.1) is 0 Å². The number of carbonyl (C=O) groups excluding carboxylic acids is 1. The molecule has 1 aliphatic rings. The van der Waals surface area contributed by atoms with Crippen molar-refractivity contribution in [3.05, 3.63) is 23.8 Å². The molecule has 1 aromatic rings. The molecule has 4 nitrogen and oxygen atoms in total. The van der Waals surface area contributed by atoms with Crippen LogP contribution in [0.4, 0.5) is 0 Å². The van der Waals surface area contributed by atoms with E-state index in [-0.39, 0.29) is 5.91 Å². The lowest BCUT2D eigenvalue weighted by atomic mass is 10.1. The van der Waals surface area contributed by atoms with E-state index in [2.05, 4.69) is 0 Å². The van der Waals surface area contributed by atoms with Gasteiger partial charge in [0, 0.05) is 24.6 Å². The molecule has 0 bridgehead atoms. The predicted molar refractivity (Wildman–Crippen MR) is 77.2 cm³/mol. The highest BCUT2D eigenvalue weighted by Gasteiger charge is 2.17. The molecule has 0 unspecified atom stereocenters. The van der Waals surface area contributed by atoms with Crippen LogP contribution in [0.3, 0.4) is 0 Å². The maximum Gasteiger partial charge on any atom is 0.227 e. The minimum absolute atomic E-state index is 0.188. The van der Waals surface area contributed by atoms with Crippen molar-refractivity contribution in [3.8, 4) is 11.5 Å². The Morgan fingerprint density at radius 2 is 1.89 bits per heavy atom. The Kier molecular flexibility index (Phi) is 4.96. The first-order valence-electron chi connectivity index (χ1n) is 6.31. The average molecular weight is 281 g/mol. The molecule has 1 heterocycles. The van der Waals surface area contributed by atoms with Gasteiger partial charge in [-0.1, -0.05) is 6.07 Å². The van der Waals surface area contributed by atoms with E-state index in [4.69, 9.17) is 9.47 Å². The van der Waals surface area contributed by atoms with Crippen molar-refractivity contribution in [3.63, 3.8) is 0 Å². The highest BCUT2D eigenvalue weighted by atomic mass is 32.2. The summed E-state index contributed by atoms with van der Waals surface area (Å²) >= 11 is 1.90. The first kappa shape index (κ1) is 14.1. The number of ether oxygens (including phenoxy) is 2. The number of benzene rings is 1. The van der Waals surface area contributed by atoms with Crippen molar-refractivity contribution in [1.82, 2.24) is 4.90 Å². The Morgan fingerprint density at radius 1 is 1.21 bits per heavy atom. The summed E-state index contributed by atoms with van der Waals surface area (Å²) in [5.41, 5.74) is 0.959. The first-order valence-corrected chi connectivity index (χ1v) is 7.46. The van der Waals surface area contributed by atoms with Crippen LogP contribution >= 0.6 is 11.8 Å². The van der Waals surface area contributed by atoms with Crippen LogP contribution in [0.15, 0.2) is 18.2 Å². The molecular formula is C14H19NO3S. The number of hydrogen-bond donors (Lipinski definition) is 0. The van der Waals surface area contributed by atoms with Crippen LogP contribution in [-0.4, -0.2) is 49.6 Å². The smallest absolute Gasteiger partial charge is 0.227 e. The maximum absolute atomic E-state index is 12.2. The molecule has 0 atom stereocenters. The molecule has 0 aliphatic carbocycles. The summed E-state index contributed by atoms with van der Waals surface area (Å²) in [6.07, 6.45) is 0.422.